The van der Waals surface area contributed by atoms with Crippen LogP contribution in [0.3, 0.4) is 0 Å². The van der Waals surface area contributed by atoms with E-state index >= 15 is 0 Å². The van der Waals surface area contributed by atoms with Gasteiger partial charge in [-0.25, -0.2) is 4.98 Å². The summed E-state index contributed by atoms with van der Waals surface area (Å²) >= 11 is 0. The second-order valence-electron chi connectivity index (χ2n) is 6.74. The summed E-state index contributed by atoms with van der Waals surface area (Å²) in [5.74, 6) is 0.987. The Bertz CT molecular complexity index is 413. The average Bonchev–Trinajstić information content (AvgIpc) is 3.10. The minimum atomic E-state index is 0.318. The Morgan fingerprint density at radius 1 is 1.42 bits per heavy atom. The summed E-state index contributed by atoms with van der Waals surface area (Å²) in [5, 5.41) is 3.48. The number of rotatable bonds is 5. The lowest BCUT2D eigenvalue weighted by molar-refractivity contribution is 0.300. The highest BCUT2D eigenvalue weighted by atomic mass is 15.1. The number of nitrogens with zero attached hydrogens (tertiary/aromatic N) is 2. The number of hydrogen-bond donors (Lipinski definition) is 1. The lowest BCUT2D eigenvalue weighted by Gasteiger charge is -2.36. The molecule has 1 atom stereocenters. The zero-order valence-electron chi connectivity index (χ0n) is 12.4. The number of piperidine rings is 1. The molecule has 0 spiro atoms. The fourth-order valence-electron chi connectivity index (χ4n) is 3.51. The summed E-state index contributed by atoms with van der Waals surface area (Å²) in [6.45, 7) is 7.02. The van der Waals surface area contributed by atoms with Crippen molar-refractivity contribution in [3.63, 3.8) is 0 Å². The molecule has 3 rings (SSSR count). The van der Waals surface area contributed by atoms with Crippen molar-refractivity contribution in [2.75, 3.05) is 13.1 Å². The van der Waals surface area contributed by atoms with Crippen molar-refractivity contribution < 1.29 is 0 Å². The zero-order chi connectivity index (χ0) is 13.3. The van der Waals surface area contributed by atoms with E-state index in [1.54, 1.807) is 0 Å². The Labute approximate surface area is 116 Å². The summed E-state index contributed by atoms with van der Waals surface area (Å²) in [7, 11) is 0. The van der Waals surface area contributed by atoms with E-state index in [0.717, 1.165) is 19.0 Å². The van der Waals surface area contributed by atoms with Crippen LogP contribution in [0.25, 0.3) is 0 Å². The molecular weight excluding hydrogens is 234 g/mol. The predicted molar refractivity (Wildman–Crippen MR) is 78.4 cm³/mol. The van der Waals surface area contributed by atoms with Crippen LogP contribution in [0.2, 0.25) is 0 Å². The quantitative estimate of drug-likeness (QED) is 0.881. The number of hydrogen-bond acceptors (Lipinski definition) is 2. The highest BCUT2D eigenvalue weighted by Gasteiger charge is 2.34. The first kappa shape index (κ1) is 13.2. The molecule has 0 aromatic carbocycles. The van der Waals surface area contributed by atoms with Crippen LogP contribution in [0.1, 0.15) is 64.1 Å². The summed E-state index contributed by atoms with van der Waals surface area (Å²) < 4.78 is 2.50. The molecule has 3 heteroatoms. The van der Waals surface area contributed by atoms with Gasteiger partial charge in [-0.3, -0.25) is 0 Å². The van der Waals surface area contributed by atoms with E-state index < -0.39 is 0 Å². The molecule has 1 aliphatic carbocycles. The van der Waals surface area contributed by atoms with Crippen molar-refractivity contribution in [3.05, 3.63) is 18.2 Å². The first-order chi connectivity index (χ1) is 9.23. The molecule has 1 unspecified atom stereocenters. The maximum absolute atomic E-state index is 4.48. The number of imidazole rings is 1. The van der Waals surface area contributed by atoms with Crippen LogP contribution in [0.5, 0.6) is 0 Å². The van der Waals surface area contributed by atoms with Crippen LogP contribution >= 0.6 is 0 Å². The van der Waals surface area contributed by atoms with Gasteiger partial charge in [0.2, 0.25) is 0 Å². The van der Waals surface area contributed by atoms with E-state index in [-0.39, 0.29) is 0 Å². The van der Waals surface area contributed by atoms with Gasteiger partial charge in [-0.1, -0.05) is 26.7 Å². The maximum atomic E-state index is 4.48. The third-order valence-corrected chi connectivity index (χ3v) is 5.16. The molecule has 0 amide bonds. The van der Waals surface area contributed by atoms with Crippen LogP contribution in [0.15, 0.2) is 12.5 Å². The van der Waals surface area contributed by atoms with Gasteiger partial charge in [-0.2, -0.15) is 0 Å². The molecule has 106 valence electrons. The van der Waals surface area contributed by atoms with Gasteiger partial charge in [0.25, 0.3) is 0 Å². The van der Waals surface area contributed by atoms with Crippen molar-refractivity contribution in [1.82, 2.24) is 14.9 Å². The number of aromatic nitrogens is 2. The Hall–Kier alpha value is -0.830. The third kappa shape index (κ3) is 2.71. The third-order valence-electron chi connectivity index (χ3n) is 5.16. The molecule has 1 aromatic heterocycles. The summed E-state index contributed by atoms with van der Waals surface area (Å²) in [6, 6.07) is 0.664. The van der Waals surface area contributed by atoms with Gasteiger partial charge in [0, 0.05) is 23.3 Å². The van der Waals surface area contributed by atoms with Crippen molar-refractivity contribution in [2.45, 2.75) is 63.8 Å². The van der Waals surface area contributed by atoms with Crippen molar-refractivity contribution >= 4 is 0 Å². The maximum Gasteiger partial charge on any atom is 0.0950 e. The molecule has 0 bridgehead atoms. The molecule has 1 aliphatic heterocycles. The van der Waals surface area contributed by atoms with E-state index in [9.17, 15) is 0 Å². The largest absolute Gasteiger partial charge is 0.331 e. The van der Waals surface area contributed by atoms with E-state index in [0.29, 0.717) is 11.5 Å². The van der Waals surface area contributed by atoms with Crippen LogP contribution in [0, 0.1) is 5.92 Å². The smallest absolute Gasteiger partial charge is 0.0950 e. The Morgan fingerprint density at radius 3 is 2.79 bits per heavy atom. The SMILES string of the molecule is CCC(CC1CC1)n1cncc1C1(C)CCNCC1. The number of nitrogens with one attached hydrogen (secondary N) is 1. The van der Waals surface area contributed by atoms with Crippen molar-refractivity contribution in [3.8, 4) is 0 Å². The molecule has 1 aromatic rings. The Morgan fingerprint density at radius 2 is 2.16 bits per heavy atom. The molecule has 1 saturated carbocycles. The van der Waals surface area contributed by atoms with E-state index in [1.807, 2.05) is 0 Å². The molecule has 0 radical (unpaired) electrons. The lowest BCUT2D eigenvalue weighted by Crippen LogP contribution is -2.39. The standard InChI is InChI=1S/C16H27N3/c1-3-14(10-13-4-5-13)19-12-18-11-15(19)16(2)6-8-17-9-7-16/h11-14,17H,3-10H2,1-2H3. The van der Waals surface area contributed by atoms with E-state index in [1.165, 1.54) is 44.2 Å². The van der Waals surface area contributed by atoms with Crippen LogP contribution in [-0.4, -0.2) is 22.6 Å². The Kier molecular flexibility index (Phi) is 3.66. The van der Waals surface area contributed by atoms with Gasteiger partial charge in [0.05, 0.1) is 6.33 Å². The molecule has 3 nitrogen and oxygen atoms in total. The topological polar surface area (TPSA) is 29.9 Å². The van der Waals surface area contributed by atoms with Gasteiger partial charge in [0.1, 0.15) is 0 Å². The minimum Gasteiger partial charge on any atom is -0.331 e. The Balaban J connectivity index is 1.83. The fraction of sp³-hybridized carbons (Fsp3) is 0.812. The van der Waals surface area contributed by atoms with Gasteiger partial charge in [-0.15, -0.1) is 0 Å². The normalized spacial score (nSPS) is 24.3. The first-order valence-electron chi connectivity index (χ1n) is 7.96. The summed E-state index contributed by atoms with van der Waals surface area (Å²) in [5.41, 5.74) is 1.79. The first-order valence-corrected chi connectivity index (χ1v) is 7.96. The highest BCUT2D eigenvalue weighted by Crippen LogP contribution is 2.40. The monoisotopic (exact) mass is 261 g/mol. The molecule has 2 aliphatic rings. The molecule has 2 heterocycles. The lowest BCUT2D eigenvalue weighted by atomic mass is 9.78. The van der Waals surface area contributed by atoms with E-state index in [2.05, 4.69) is 41.2 Å². The van der Waals surface area contributed by atoms with Gasteiger partial charge >= 0.3 is 0 Å². The van der Waals surface area contributed by atoms with Gasteiger partial charge < -0.3 is 9.88 Å². The van der Waals surface area contributed by atoms with Crippen molar-refractivity contribution in [2.24, 2.45) is 5.92 Å². The average molecular weight is 261 g/mol. The van der Waals surface area contributed by atoms with Gasteiger partial charge in [-0.05, 0) is 44.7 Å². The zero-order valence-corrected chi connectivity index (χ0v) is 12.4. The molecule has 1 N–H and O–H groups in total. The summed E-state index contributed by atoms with van der Waals surface area (Å²) in [4.78, 5) is 4.48. The molecular formula is C16H27N3. The molecule has 1 saturated heterocycles. The summed E-state index contributed by atoms with van der Waals surface area (Å²) in [6.07, 6.45) is 12.2. The predicted octanol–water partition coefficient (Wildman–Crippen LogP) is 3.28. The van der Waals surface area contributed by atoms with Crippen LogP contribution in [-0.2, 0) is 5.41 Å². The van der Waals surface area contributed by atoms with E-state index in [4.69, 9.17) is 0 Å². The fourth-order valence-corrected chi connectivity index (χ4v) is 3.51. The molecule has 19 heavy (non-hydrogen) atoms. The molecule has 2 fully saturated rings. The highest BCUT2D eigenvalue weighted by molar-refractivity contribution is 5.16. The van der Waals surface area contributed by atoms with Crippen LogP contribution < -0.4 is 5.32 Å². The van der Waals surface area contributed by atoms with Crippen molar-refractivity contribution in [1.29, 1.82) is 0 Å². The minimum absolute atomic E-state index is 0.318. The second-order valence-corrected chi connectivity index (χ2v) is 6.74. The second kappa shape index (κ2) is 5.28. The van der Waals surface area contributed by atoms with Gasteiger partial charge in [0.15, 0.2) is 0 Å². The van der Waals surface area contributed by atoms with Crippen LogP contribution in [0.4, 0.5) is 0 Å².